The molecule has 4 heteroatoms. The first-order chi connectivity index (χ1) is 12.5. The zero-order valence-electron chi connectivity index (χ0n) is 15.6. The molecule has 2 fully saturated rings. The summed E-state index contributed by atoms with van der Waals surface area (Å²) in [6.45, 7) is 8.45. The topological polar surface area (TPSA) is 35.9 Å². The molecule has 2 aromatic rings. The molecule has 0 saturated carbocycles. The molecule has 0 spiro atoms. The van der Waals surface area contributed by atoms with Gasteiger partial charge in [-0.1, -0.05) is 31.2 Å². The molecule has 0 bridgehead atoms. The van der Waals surface area contributed by atoms with Crippen molar-refractivity contribution in [3.8, 4) is 5.75 Å². The van der Waals surface area contributed by atoms with E-state index in [2.05, 4.69) is 47.1 Å². The molecule has 2 heterocycles. The van der Waals surface area contributed by atoms with Crippen molar-refractivity contribution < 1.29 is 9.84 Å². The summed E-state index contributed by atoms with van der Waals surface area (Å²) in [5.74, 6) is 0.946. The molecule has 2 aliphatic heterocycles. The van der Waals surface area contributed by atoms with Crippen molar-refractivity contribution in [1.29, 1.82) is 0 Å². The Morgan fingerprint density at radius 2 is 2.04 bits per heavy atom. The molecule has 2 aliphatic rings. The second-order valence-corrected chi connectivity index (χ2v) is 7.70. The smallest absolute Gasteiger partial charge is 0.133 e. The molecular formula is C22H27N2O2. The third-order valence-corrected chi connectivity index (χ3v) is 5.59. The number of likely N-dealkylation sites (tertiary alicyclic amines) is 1. The maximum Gasteiger partial charge on any atom is 0.133 e. The van der Waals surface area contributed by atoms with E-state index >= 15 is 0 Å². The minimum absolute atomic E-state index is 0.240. The number of β-amino-alcohol motifs (C(OH)–C–C–N with tert-alkyl or cyclic N) is 1. The lowest BCUT2D eigenvalue weighted by atomic mass is 9.90. The van der Waals surface area contributed by atoms with Crippen molar-refractivity contribution in [1.82, 2.24) is 4.90 Å². The monoisotopic (exact) mass is 351 g/mol. The van der Waals surface area contributed by atoms with Gasteiger partial charge in [-0.05, 0) is 42.7 Å². The van der Waals surface area contributed by atoms with Gasteiger partial charge in [0.2, 0.25) is 0 Å². The van der Waals surface area contributed by atoms with Gasteiger partial charge in [0.25, 0.3) is 0 Å². The zero-order chi connectivity index (χ0) is 18.1. The van der Waals surface area contributed by atoms with E-state index in [1.54, 1.807) is 0 Å². The predicted octanol–water partition coefficient (Wildman–Crippen LogP) is 3.02. The third-order valence-electron chi connectivity index (χ3n) is 5.59. The van der Waals surface area contributed by atoms with E-state index < -0.39 is 5.60 Å². The predicted molar refractivity (Wildman–Crippen MR) is 104 cm³/mol. The second kappa shape index (κ2) is 6.93. The van der Waals surface area contributed by atoms with Crippen LogP contribution in [0.3, 0.4) is 0 Å². The average Bonchev–Trinajstić information content (AvgIpc) is 2.59. The Morgan fingerprint density at radius 3 is 2.69 bits per heavy atom. The standard InChI is InChI=1S/C22H27N2O2/c1-3-22(25)15-23(16-22)12-18-9-10-20(11-17(18)2)26-21-13-24(14-21)19-7-5-4-6-8-19/h4-7,9-11,21,25H,3,12-16H2,1-2H3. The largest absolute Gasteiger partial charge is 0.487 e. The highest BCUT2D eigenvalue weighted by molar-refractivity contribution is 5.48. The van der Waals surface area contributed by atoms with Crippen molar-refractivity contribution in [2.45, 2.75) is 38.5 Å². The number of rotatable bonds is 6. The average molecular weight is 351 g/mol. The number of benzene rings is 2. The van der Waals surface area contributed by atoms with Crippen molar-refractivity contribution in [2.75, 3.05) is 31.1 Å². The molecule has 0 atom stereocenters. The van der Waals surface area contributed by atoms with Gasteiger partial charge < -0.3 is 14.7 Å². The highest BCUT2D eigenvalue weighted by Crippen LogP contribution is 2.28. The van der Waals surface area contributed by atoms with E-state index in [0.29, 0.717) is 0 Å². The molecule has 2 aromatic carbocycles. The van der Waals surface area contributed by atoms with Gasteiger partial charge in [0.15, 0.2) is 0 Å². The normalized spacial score (nSPS) is 19.7. The first-order valence-electron chi connectivity index (χ1n) is 9.47. The van der Waals surface area contributed by atoms with Crippen molar-refractivity contribution in [2.24, 2.45) is 0 Å². The summed E-state index contributed by atoms with van der Waals surface area (Å²) >= 11 is 0. The van der Waals surface area contributed by atoms with Gasteiger partial charge in [-0.2, -0.15) is 0 Å². The van der Waals surface area contributed by atoms with E-state index in [0.717, 1.165) is 50.6 Å². The van der Waals surface area contributed by atoms with Crippen molar-refractivity contribution in [3.63, 3.8) is 0 Å². The van der Waals surface area contributed by atoms with Gasteiger partial charge >= 0.3 is 0 Å². The lowest BCUT2D eigenvalue weighted by Gasteiger charge is -2.46. The number of anilines is 1. The molecular weight excluding hydrogens is 324 g/mol. The van der Waals surface area contributed by atoms with Gasteiger partial charge in [-0.25, -0.2) is 0 Å². The SMILES string of the molecule is CCC1(O)CN(Cc2ccc(OC3CN(c4[c]cccc4)C3)cc2C)C1. The number of hydrogen-bond donors (Lipinski definition) is 1. The fourth-order valence-electron chi connectivity index (χ4n) is 3.76. The van der Waals surface area contributed by atoms with Crippen LogP contribution in [0.15, 0.2) is 42.5 Å². The van der Waals surface area contributed by atoms with Crippen LogP contribution in [0.25, 0.3) is 0 Å². The van der Waals surface area contributed by atoms with Gasteiger partial charge in [-0.15, -0.1) is 0 Å². The van der Waals surface area contributed by atoms with E-state index in [4.69, 9.17) is 4.74 Å². The van der Waals surface area contributed by atoms with Crippen LogP contribution in [-0.2, 0) is 6.54 Å². The molecule has 0 aliphatic carbocycles. The van der Waals surface area contributed by atoms with Crippen LogP contribution in [0.1, 0.15) is 24.5 Å². The minimum Gasteiger partial charge on any atom is -0.487 e. The summed E-state index contributed by atoms with van der Waals surface area (Å²) in [4.78, 5) is 4.58. The maximum atomic E-state index is 10.1. The fraction of sp³-hybridized carbons (Fsp3) is 0.455. The first kappa shape index (κ1) is 17.4. The number of ether oxygens (including phenoxy) is 1. The number of aryl methyl sites for hydroxylation is 1. The molecule has 4 nitrogen and oxygen atoms in total. The van der Waals surface area contributed by atoms with E-state index in [-0.39, 0.29) is 6.10 Å². The molecule has 1 radical (unpaired) electrons. The van der Waals surface area contributed by atoms with Crippen LogP contribution in [0.5, 0.6) is 5.75 Å². The highest BCUT2D eigenvalue weighted by Gasteiger charge is 2.39. The van der Waals surface area contributed by atoms with Crippen LogP contribution in [-0.4, -0.2) is 47.9 Å². The van der Waals surface area contributed by atoms with Gasteiger partial charge in [0.05, 0.1) is 18.7 Å². The Morgan fingerprint density at radius 1 is 1.23 bits per heavy atom. The summed E-state index contributed by atoms with van der Waals surface area (Å²) in [6.07, 6.45) is 1.07. The van der Waals surface area contributed by atoms with E-state index in [1.165, 1.54) is 11.1 Å². The zero-order valence-corrected chi connectivity index (χ0v) is 15.6. The highest BCUT2D eigenvalue weighted by atomic mass is 16.5. The number of hydrogen-bond acceptors (Lipinski definition) is 4. The number of nitrogens with zero attached hydrogens (tertiary/aromatic N) is 2. The van der Waals surface area contributed by atoms with E-state index in [1.807, 2.05) is 25.1 Å². The summed E-state index contributed by atoms with van der Waals surface area (Å²) in [7, 11) is 0. The number of aliphatic hydroxyl groups is 1. The first-order valence-corrected chi connectivity index (χ1v) is 9.47. The third kappa shape index (κ3) is 3.57. The molecule has 4 rings (SSSR count). The van der Waals surface area contributed by atoms with Gasteiger partial charge in [0, 0.05) is 31.4 Å². The molecule has 0 aromatic heterocycles. The Hall–Kier alpha value is -2.04. The Balaban J connectivity index is 1.29. The van der Waals surface area contributed by atoms with E-state index in [9.17, 15) is 5.11 Å². The Labute approximate surface area is 156 Å². The second-order valence-electron chi connectivity index (χ2n) is 7.70. The van der Waals surface area contributed by atoms with Gasteiger partial charge in [-0.3, -0.25) is 4.90 Å². The molecule has 0 unspecified atom stereocenters. The van der Waals surface area contributed by atoms with Crippen molar-refractivity contribution >= 4 is 5.69 Å². The lowest BCUT2D eigenvalue weighted by Crippen LogP contribution is -2.60. The Bertz CT molecular complexity index is 750. The lowest BCUT2D eigenvalue weighted by molar-refractivity contribution is -0.103. The van der Waals surface area contributed by atoms with Crippen LogP contribution in [0.2, 0.25) is 0 Å². The molecule has 26 heavy (non-hydrogen) atoms. The minimum atomic E-state index is -0.469. The summed E-state index contributed by atoms with van der Waals surface area (Å²) in [6, 6.07) is 17.7. The van der Waals surface area contributed by atoms with Crippen molar-refractivity contribution in [3.05, 3.63) is 59.7 Å². The number of para-hydroxylation sites is 1. The van der Waals surface area contributed by atoms with Crippen LogP contribution in [0.4, 0.5) is 5.69 Å². The maximum absolute atomic E-state index is 10.1. The van der Waals surface area contributed by atoms with Gasteiger partial charge in [0.1, 0.15) is 11.9 Å². The quantitative estimate of drug-likeness (QED) is 0.868. The molecule has 2 saturated heterocycles. The summed E-state index contributed by atoms with van der Waals surface area (Å²) in [5.41, 5.74) is 3.23. The Kier molecular flexibility index (Phi) is 4.63. The molecule has 0 amide bonds. The van der Waals surface area contributed by atoms with Crippen LogP contribution in [0, 0.1) is 13.0 Å². The van der Waals surface area contributed by atoms with Crippen LogP contribution >= 0.6 is 0 Å². The molecule has 1 N–H and O–H groups in total. The fourth-order valence-corrected chi connectivity index (χ4v) is 3.76. The summed E-state index contributed by atoms with van der Waals surface area (Å²) < 4.78 is 6.12. The molecule has 137 valence electrons. The van der Waals surface area contributed by atoms with Crippen LogP contribution < -0.4 is 9.64 Å². The summed E-state index contributed by atoms with van der Waals surface area (Å²) in [5, 5.41) is 10.1.